The van der Waals surface area contributed by atoms with Gasteiger partial charge >= 0.3 is 0 Å². The minimum absolute atomic E-state index is 0.143. The molecule has 170 valence electrons. The Bertz CT molecular complexity index is 1200. The number of carbonyl (C=O) groups is 2. The van der Waals surface area contributed by atoms with Gasteiger partial charge in [-0.3, -0.25) is 9.59 Å². The van der Waals surface area contributed by atoms with Crippen molar-refractivity contribution in [3.8, 4) is 0 Å². The lowest BCUT2D eigenvalue weighted by atomic mass is 9.62. The van der Waals surface area contributed by atoms with Crippen molar-refractivity contribution in [3.63, 3.8) is 0 Å². The molecule has 33 heavy (non-hydrogen) atoms. The quantitative estimate of drug-likeness (QED) is 0.475. The summed E-state index contributed by atoms with van der Waals surface area (Å²) >= 11 is 6.20. The van der Waals surface area contributed by atoms with E-state index in [1.54, 1.807) is 0 Å². The van der Waals surface area contributed by atoms with Gasteiger partial charge in [0.15, 0.2) is 11.6 Å². The summed E-state index contributed by atoms with van der Waals surface area (Å²) in [6, 6.07) is 17.9. The van der Waals surface area contributed by atoms with Crippen molar-refractivity contribution in [3.05, 3.63) is 87.7 Å². The van der Waals surface area contributed by atoms with Crippen LogP contribution in [-0.4, -0.2) is 11.6 Å². The summed E-state index contributed by atoms with van der Waals surface area (Å²) in [7, 11) is 0. The first kappa shape index (κ1) is 22.2. The minimum Gasteiger partial charge on any atom is -0.317 e. The SMILES string of the molecule is CC1(C)CC(=O)C2=C(C1)N(c1ccccc1)C1=C(C(=O)CCC1(C)C)C2c1ccc(Cl)cc1. The standard InChI is InChI=1S/C29H30ClNO2/c1-28(2)16-21-25(23(33)17-28)24(18-10-12-19(30)13-11-18)26-22(32)14-15-29(3,4)27(26)31(21)20-8-6-5-7-9-20/h5-13,24H,14-17H2,1-4H3. The van der Waals surface area contributed by atoms with Crippen LogP contribution in [0.4, 0.5) is 5.69 Å². The molecule has 3 nitrogen and oxygen atoms in total. The predicted octanol–water partition coefficient (Wildman–Crippen LogP) is 7.23. The van der Waals surface area contributed by atoms with E-state index in [9.17, 15) is 9.59 Å². The molecule has 0 fully saturated rings. The Morgan fingerprint density at radius 3 is 2.18 bits per heavy atom. The van der Waals surface area contributed by atoms with Gasteiger partial charge in [-0.1, -0.05) is 69.6 Å². The van der Waals surface area contributed by atoms with Crippen LogP contribution >= 0.6 is 11.6 Å². The molecule has 1 atom stereocenters. The van der Waals surface area contributed by atoms with Crippen LogP contribution in [0, 0.1) is 10.8 Å². The Kier molecular flexibility index (Phi) is 5.17. The Morgan fingerprint density at radius 2 is 1.52 bits per heavy atom. The third-order valence-electron chi connectivity index (χ3n) is 7.36. The van der Waals surface area contributed by atoms with Crippen molar-refractivity contribution in [2.75, 3.05) is 4.90 Å². The average molecular weight is 460 g/mol. The Balaban J connectivity index is 1.86. The van der Waals surface area contributed by atoms with E-state index in [1.807, 2.05) is 42.5 Å². The molecule has 1 unspecified atom stereocenters. The molecule has 0 saturated carbocycles. The topological polar surface area (TPSA) is 37.4 Å². The van der Waals surface area contributed by atoms with E-state index in [2.05, 4.69) is 44.7 Å². The number of allylic oxidation sites excluding steroid dienone is 4. The first-order chi connectivity index (χ1) is 15.6. The van der Waals surface area contributed by atoms with Crippen molar-refractivity contribution in [1.82, 2.24) is 0 Å². The largest absolute Gasteiger partial charge is 0.317 e. The first-order valence-corrected chi connectivity index (χ1v) is 12.1. The predicted molar refractivity (Wildman–Crippen MR) is 133 cm³/mol. The molecule has 4 heteroatoms. The zero-order valence-electron chi connectivity index (χ0n) is 19.7. The van der Waals surface area contributed by atoms with Crippen molar-refractivity contribution in [2.24, 2.45) is 10.8 Å². The van der Waals surface area contributed by atoms with Crippen LogP contribution < -0.4 is 4.90 Å². The number of para-hydroxylation sites is 1. The van der Waals surface area contributed by atoms with E-state index in [-0.39, 0.29) is 28.3 Å². The smallest absolute Gasteiger partial charge is 0.162 e. The average Bonchev–Trinajstić information content (AvgIpc) is 2.75. The highest BCUT2D eigenvalue weighted by Crippen LogP contribution is 2.56. The number of rotatable bonds is 2. The Hall–Kier alpha value is -2.65. The van der Waals surface area contributed by atoms with Crippen LogP contribution in [-0.2, 0) is 9.59 Å². The van der Waals surface area contributed by atoms with E-state index in [0.29, 0.717) is 17.9 Å². The summed E-state index contributed by atoms with van der Waals surface area (Å²) < 4.78 is 0. The fraction of sp³-hybridized carbons (Fsp3) is 0.379. The summed E-state index contributed by atoms with van der Waals surface area (Å²) in [5.41, 5.74) is 5.29. The van der Waals surface area contributed by atoms with Gasteiger partial charge in [-0.25, -0.2) is 0 Å². The van der Waals surface area contributed by atoms with E-state index in [4.69, 9.17) is 11.6 Å². The van der Waals surface area contributed by atoms with Gasteiger partial charge in [0.2, 0.25) is 0 Å². The minimum atomic E-state index is -0.345. The second-order valence-electron chi connectivity index (χ2n) is 11.0. The Morgan fingerprint density at radius 1 is 0.848 bits per heavy atom. The van der Waals surface area contributed by atoms with Gasteiger partial charge in [0.1, 0.15) is 0 Å². The molecule has 5 rings (SSSR count). The molecule has 2 aromatic carbocycles. The van der Waals surface area contributed by atoms with E-state index in [1.165, 1.54) is 0 Å². The van der Waals surface area contributed by atoms with Gasteiger partial charge in [-0.15, -0.1) is 0 Å². The molecule has 2 aliphatic carbocycles. The van der Waals surface area contributed by atoms with E-state index >= 15 is 0 Å². The van der Waals surface area contributed by atoms with Gasteiger partial charge in [0.25, 0.3) is 0 Å². The molecular weight excluding hydrogens is 430 g/mol. The van der Waals surface area contributed by atoms with Gasteiger partial charge in [0.05, 0.1) is 0 Å². The lowest BCUT2D eigenvalue weighted by Gasteiger charge is -2.51. The molecule has 1 heterocycles. The maximum absolute atomic E-state index is 13.8. The van der Waals surface area contributed by atoms with Crippen molar-refractivity contribution < 1.29 is 9.59 Å². The van der Waals surface area contributed by atoms with Gasteiger partial charge < -0.3 is 4.90 Å². The Labute approximate surface area is 201 Å². The molecule has 0 bridgehead atoms. The summed E-state index contributed by atoms with van der Waals surface area (Å²) in [6.07, 6.45) is 2.56. The molecule has 0 saturated heterocycles. The second-order valence-corrected chi connectivity index (χ2v) is 11.5. The number of anilines is 1. The van der Waals surface area contributed by atoms with Crippen LogP contribution in [0.1, 0.15) is 64.9 Å². The highest BCUT2D eigenvalue weighted by Gasteiger charge is 2.50. The van der Waals surface area contributed by atoms with Crippen LogP contribution in [0.2, 0.25) is 5.02 Å². The normalized spacial score (nSPS) is 24.0. The number of hydrogen-bond donors (Lipinski definition) is 0. The van der Waals surface area contributed by atoms with Crippen molar-refractivity contribution in [1.29, 1.82) is 0 Å². The fourth-order valence-electron chi connectivity index (χ4n) is 5.86. The molecule has 0 radical (unpaired) electrons. The third kappa shape index (κ3) is 3.67. The van der Waals surface area contributed by atoms with Crippen molar-refractivity contribution >= 4 is 28.9 Å². The van der Waals surface area contributed by atoms with Gasteiger partial charge in [-0.2, -0.15) is 0 Å². The molecule has 2 aromatic rings. The molecule has 1 aliphatic heterocycles. The van der Waals surface area contributed by atoms with Gasteiger partial charge in [0, 0.05) is 57.4 Å². The molecule has 3 aliphatic rings. The van der Waals surface area contributed by atoms with Crippen molar-refractivity contribution in [2.45, 2.75) is 59.3 Å². The fourth-order valence-corrected chi connectivity index (χ4v) is 5.98. The highest BCUT2D eigenvalue weighted by atomic mass is 35.5. The zero-order valence-corrected chi connectivity index (χ0v) is 20.5. The van der Waals surface area contributed by atoms with Gasteiger partial charge in [-0.05, 0) is 48.1 Å². The summed E-state index contributed by atoms with van der Waals surface area (Å²) in [5.74, 6) is -0.0536. The molecule has 0 aromatic heterocycles. The van der Waals surface area contributed by atoms with E-state index in [0.717, 1.165) is 46.6 Å². The summed E-state index contributed by atoms with van der Waals surface area (Å²) in [5, 5.41) is 0.648. The maximum atomic E-state index is 13.8. The lowest BCUT2D eigenvalue weighted by molar-refractivity contribution is -0.118. The number of halogens is 1. The number of Topliss-reactive ketones (excluding diaryl/α,β-unsaturated/α-hetero) is 2. The number of nitrogens with zero attached hydrogens (tertiary/aromatic N) is 1. The third-order valence-corrected chi connectivity index (χ3v) is 7.61. The first-order valence-electron chi connectivity index (χ1n) is 11.7. The van der Waals surface area contributed by atoms with Crippen LogP contribution in [0.25, 0.3) is 0 Å². The number of ketones is 2. The van der Waals surface area contributed by atoms with Crippen LogP contribution in [0.3, 0.4) is 0 Å². The lowest BCUT2D eigenvalue weighted by Crippen LogP contribution is -2.46. The highest BCUT2D eigenvalue weighted by molar-refractivity contribution is 6.30. The number of carbonyl (C=O) groups excluding carboxylic acids is 2. The molecular formula is C29H30ClNO2. The van der Waals surface area contributed by atoms with Crippen LogP contribution in [0.5, 0.6) is 0 Å². The monoisotopic (exact) mass is 459 g/mol. The number of hydrogen-bond acceptors (Lipinski definition) is 3. The zero-order chi connectivity index (χ0) is 23.5. The molecule has 0 spiro atoms. The van der Waals surface area contributed by atoms with Crippen LogP contribution in [0.15, 0.2) is 77.1 Å². The second kappa shape index (κ2) is 7.70. The summed E-state index contributed by atoms with van der Waals surface area (Å²) in [4.78, 5) is 29.6. The van der Waals surface area contributed by atoms with E-state index < -0.39 is 0 Å². The number of benzene rings is 2. The molecule has 0 amide bonds. The maximum Gasteiger partial charge on any atom is 0.162 e. The summed E-state index contributed by atoms with van der Waals surface area (Å²) in [6.45, 7) is 8.78. The molecule has 0 N–H and O–H groups in total.